The first kappa shape index (κ1) is 11.7. The number of nitrogens with zero attached hydrogens (tertiary/aromatic N) is 1. The molecule has 86 valence electrons. The van der Waals surface area contributed by atoms with Gasteiger partial charge in [0.05, 0.1) is 0 Å². The Balaban J connectivity index is 1.94. The van der Waals surface area contributed by atoms with E-state index in [0.717, 1.165) is 20.5 Å². The molecule has 1 aliphatic rings. The number of halogens is 1. The molecule has 0 spiro atoms. The number of hydrogen-bond acceptors (Lipinski definition) is 1. The molecule has 1 aromatic rings. The van der Waals surface area contributed by atoms with E-state index in [0.29, 0.717) is 6.42 Å². The highest BCUT2D eigenvalue weighted by molar-refractivity contribution is 6.50. The van der Waals surface area contributed by atoms with Crippen molar-refractivity contribution in [3.05, 3.63) is 30.3 Å². The summed E-state index contributed by atoms with van der Waals surface area (Å²) in [6, 6.07) is 10.4. The molecule has 0 N–H and O–H groups in total. The molecule has 1 nitrogen and oxygen atoms in total. The Bertz CT molecular complexity index is 339. The largest absolute Gasteiger partial charge is 0.340 e. The highest BCUT2D eigenvalue weighted by Crippen LogP contribution is 2.30. The van der Waals surface area contributed by atoms with Crippen molar-refractivity contribution in [2.75, 3.05) is 13.1 Å². The molecule has 0 saturated carbocycles. The van der Waals surface area contributed by atoms with E-state index in [1.807, 2.05) is 13.0 Å². The van der Waals surface area contributed by atoms with Crippen molar-refractivity contribution >= 4 is 12.9 Å². The summed E-state index contributed by atoms with van der Waals surface area (Å²) in [7, 11) is 0.946. The third kappa shape index (κ3) is 2.64. The molecule has 1 aliphatic heterocycles. The van der Waals surface area contributed by atoms with Crippen LogP contribution in [0.3, 0.4) is 0 Å². The molecule has 1 aromatic carbocycles. The number of rotatable bonds is 2. The van der Waals surface area contributed by atoms with Gasteiger partial charge in [0.2, 0.25) is 7.41 Å². The predicted octanol–water partition coefficient (Wildman–Crippen LogP) is 1.73. The average molecular weight is 219 g/mol. The van der Waals surface area contributed by atoms with Gasteiger partial charge in [0.25, 0.3) is 0 Å². The molecular weight excluding hydrogens is 200 g/mol. The average Bonchev–Trinajstić information content (AvgIpc) is 2.26. The lowest BCUT2D eigenvalue weighted by Gasteiger charge is -2.39. The molecule has 1 heterocycles. The minimum Gasteiger partial charge on any atom is -0.340 e. The van der Waals surface area contributed by atoms with Gasteiger partial charge >= 0.3 is 0 Å². The summed E-state index contributed by atoms with van der Waals surface area (Å²) in [6.07, 6.45) is 0.654. The van der Waals surface area contributed by atoms with E-state index < -0.39 is 5.67 Å². The standard InChI is InChI=1S/C13H19BFN/c1-11-10-16(9-8-13(11,2)15)14-12-6-4-3-5-7-12/h3-7,11,14H,8-10H2,1-2H3/t11?,13-/m1/s1. The number of piperidine rings is 1. The van der Waals surface area contributed by atoms with Crippen molar-refractivity contribution in [2.45, 2.75) is 25.9 Å². The lowest BCUT2D eigenvalue weighted by molar-refractivity contribution is 0.0493. The molecule has 1 fully saturated rings. The Morgan fingerprint density at radius 2 is 2.06 bits per heavy atom. The quantitative estimate of drug-likeness (QED) is 0.685. The van der Waals surface area contributed by atoms with Gasteiger partial charge in [-0.05, 0) is 26.4 Å². The van der Waals surface area contributed by atoms with E-state index in [-0.39, 0.29) is 5.92 Å². The van der Waals surface area contributed by atoms with Crippen molar-refractivity contribution in [2.24, 2.45) is 5.92 Å². The van der Waals surface area contributed by atoms with E-state index >= 15 is 0 Å². The van der Waals surface area contributed by atoms with Crippen LogP contribution in [0.5, 0.6) is 0 Å². The monoisotopic (exact) mass is 219 g/mol. The van der Waals surface area contributed by atoms with Crippen molar-refractivity contribution in [3.8, 4) is 0 Å². The van der Waals surface area contributed by atoms with E-state index in [1.165, 1.54) is 5.46 Å². The van der Waals surface area contributed by atoms with Crippen LogP contribution in [0.4, 0.5) is 4.39 Å². The van der Waals surface area contributed by atoms with Crippen LogP contribution in [-0.2, 0) is 0 Å². The second kappa shape index (κ2) is 4.58. The molecule has 0 aromatic heterocycles. The lowest BCUT2D eigenvalue weighted by Crippen LogP contribution is -2.50. The second-order valence-corrected chi connectivity index (χ2v) is 5.15. The molecule has 16 heavy (non-hydrogen) atoms. The van der Waals surface area contributed by atoms with Crippen LogP contribution < -0.4 is 5.46 Å². The van der Waals surface area contributed by atoms with Crippen molar-refractivity contribution in [3.63, 3.8) is 0 Å². The van der Waals surface area contributed by atoms with E-state index in [4.69, 9.17) is 0 Å². The smallest absolute Gasteiger partial charge is 0.238 e. The van der Waals surface area contributed by atoms with Crippen LogP contribution in [0.1, 0.15) is 20.3 Å². The first-order valence-electron chi connectivity index (χ1n) is 6.03. The van der Waals surface area contributed by atoms with Gasteiger partial charge in [0.15, 0.2) is 0 Å². The summed E-state index contributed by atoms with van der Waals surface area (Å²) in [6.45, 7) is 5.48. The second-order valence-electron chi connectivity index (χ2n) is 5.15. The third-order valence-electron chi connectivity index (χ3n) is 3.73. The maximum atomic E-state index is 14.0. The van der Waals surface area contributed by atoms with Gasteiger partial charge in [0.1, 0.15) is 5.67 Å². The minimum atomic E-state index is -0.979. The van der Waals surface area contributed by atoms with E-state index in [2.05, 4.69) is 29.1 Å². The molecule has 2 atom stereocenters. The van der Waals surface area contributed by atoms with Crippen molar-refractivity contribution < 1.29 is 4.39 Å². The molecule has 0 bridgehead atoms. The van der Waals surface area contributed by atoms with Crippen LogP contribution in [0.15, 0.2) is 30.3 Å². The molecule has 3 heteroatoms. The van der Waals surface area contributed by atoms with E-state index in [9.17, 15) is 4.39 Å². The highest BCUT2D eigenvalue weighted by atomic mass is 19.1. The Morgan fingerprint density at radius 3 is 2.69 bits per heavy atom. The van der Waals surface area contributed by atoms with Gasteiger partial charge in [-0.15, -0.1) is 0 Å². The van der Waals surface area contributed by atoms with Gasteiger partial charge in [-0.3, -0.25) is 0 Å². The van der Waals surface area contributed by atoms with Crippen LogP contribution in [0.25, 0.3) is 0 Å². The van der Waals surface area contributed by atoms with Gasteiger partial charge in [0, 0.05) is 5.92 Å². The summed E-state index contributed by atoms with van der Waals surface area (Å²) in [5.41, 5.74) is 0.338. The van der Waals surface area contributed by atoms with Gasteiger partial charge < -0.3 is 4.81 Å². The summed E-state index contributed by atoms with van der Waals surface area (Å²) in [4.78, 5) is 2.35. The summed E-state index contributed by atoms with van der Waals surface area (Å²) in [5, 5.41) is 0. The maximum absolute atomic E-state index is 14.0. The fraction of sp³-hybridized carbons (Fsp3) is 0.538. The maximum Gasteiger partial charge on any atom is 0.238 e. The Kier molecular flexibility index (Phi) is 3.34. The normalized spacial score (nSPS) is 31.3. The first-order valence-corrected chi connectivity index (χ1v) is 6.03. The van der Waals surface area contributed by atoms with E-state index in [1.54, 1.807) is 6.92 Å². The van der Waals surface area contributed by atoms with Crippen molar-refractivity contribution in [1.82, 2.24) is 4.81 Å². The molecule has 1 saturated heterocycles. The number of alkyl halides is 1. The van der Waals surface area contributed by atoms with Gasteiger partial charge in [-0.1, -0.05) is 42.7 Å². The summed E-state index contributed by atoms with van der Waals surface area (Å²) in [5.74, 6) is 0.130. The summed E-state index contributed by atoms with van der Waals surface area (Å²) < 4.78 is 14.0. The number of hydrogen-bond donors (Lipinski definition) is 0. The highest BCUT2D eigenvalue weighted by Gasteiger charge is 2.36. The fourth-order valence-corrected chi connectivity index (χ4v) is 2.28. The van der Waals surface area contributed by atoms with Crippen LogP contribution in [0, 0.1) is 5.92 Å². The zero-order valence-electron chi connectivity index (χ0n) is 10.1. The van der Waals surface area contributed by atoms with Crippen LogP contribution in [0.2, 0.25) is 0 Å². The Hall–Kier alpha value is -0.825. The molecule has 0 amide bonds. The summed E-state index contributed by atoms with van der Waals surface area (Å²) >= 11 is 0. The van der Waals surface area contributed by atoms with Gasteiger partial charge in [-0.2, -0.15) is 0 Å². The molecule has 0 aliphatic carbocycles. The fourth-order valence-electron chi connectivity index (χ4n) is 2.28. The molecule has 2 rings (SSSR count). The predicted molar refractivity (Wildman–Crippen MR) is 68.1 cm³/mol. The lowest BCUT2D eigenvalue weighted by atomic mass is 9.75. The van der Waals surface area contributed by atoms with Crippen molar-refractivity contribution in [1.29, 1.82) is 0 Å². The topological polar surface area (TPSA) is 3.24 Å². The molecule has 1 unspecified atom stereocenters. The Morgan fingerprint density at radius 1 is 1.38 bits per heavy atom. The Labute approximate surface area is 97.9 Å². The SMILES string of the molecule is CC1CN(Bc2ccccc2)CC[C@@]1(C)F. The minimum absolute atomic E-state index is 0.130. The van der Waals surface area contributed by atoms with Gasteiger partial charge in [-0.25, -0.2) is 4.39 Å². The van der Waals surface area contributed by atoms with Crippen LogP contribution in [-0.4, -0.2) is 31.0 Å². The third-order valence-corrected chi connectivity index (χ3v) is 3.73. The van der Waals surface area contributed by atoms with Crippen LogP contribution >= 0.6 is 0 Å². The first-order chi connectivity index (χ1) is 7.58. The number of benzene rings is 1. The zero-order valence-corrected chi connectivity index (χ0v) is 10.1. The molecule has 0 radical (unpaired) electrons. The molecular formula is C13H19BFN. The zero-order chi connectivity index (χ0) is 11.6.